The van der Waals surface area contributed by atoms with Gasteiger partial charge in [0.25, 0.3) is 0 Å². The van der Waals surface area contributed by atoms with Gasteiger partial charge in [-0.2, -0.15) is 0 Å². The van der Waals surface area contributed by atoms with Crippen LogP contribution in [0.4, 0.5) is 11.4 Å². The number of benzene rings is 2. The van der Waals surface area contributed by atoms with E-state index in [2.05, 4.69) is 46.3 Å². The van der Waals surface area contributed by atoms with Gasteiger partial charge < -0.3 is 19.5 Å². The van der Waals surface area contributed by atoms with Crippen LogP contribution >= 0.6 is 0 Å². The summed E-state index contributed by atoms with van der Waals surface area (Å²) < 4.78 is 30.0. The van der Waals surface area contributed by atoms with Crippen LogP contribution in [-0.4, -0.2) is 52.0 Å². The minimum Gasteiger partial charge on any atom is -0.464 e. The number of hydrogen-bond acceptors (Lipinski definition) is 6. The standard InChI is InChI=1S/C32H41N3O4S/c1-23-10-12-28(29(20-23)35-16-5-4-6-17-35)32(30-13-11-24(2)39-30)33-31(36)22-25-8-7-9-26(21-25)34-18-14-27(15-19-34)40(3,37)38/h7-13,20-21,27,32H,4-6,14-19,22H2,1-3H3,(H,33,36). The van der Waals surface area contributed by atoms with Crippen molar-refractivity contribution in [1.29, 1.82) is 0 Å². The lowest BCUT2D eigenvalue weighted by atomic mass is 9.97. The Kier molecular flexibility index (Phi) is 8.54. The molecule has 1 atom stereocenters. The fraction of sp³-hybridized carbons (Fsp3) is 0.469. The van der Waals surface area contributed by atoms with Crippen molar-refractivity contribution >= 4 is 27.1 Å². The Balaban J connectivity index is 1.34. The smallest absolute Gasteiger partial charge is 0.225 e. The third-order valence-corrected chi connectivity index (χ3v) is 9.91. The SMILES string of the molecule is Cc1ccc(C(NC(=O)Cc2cccc(N3CCC(S(C)(=O)=O)CC3)c2)c2ccc(C)o2)c(N2CCCCC2)c1. The molecular weight excluding hydrogens is 522 g/mol. The third-order valence-electron chi connectivity index (χ3n) is 8.23. The first-order chi connectivity index (χ1) is 19.2. The largest absolute Gasteiger partial charge is 0.464 e. The predicted octanol–water partition coefficient (Wildman–Crippen LogP) is 5.35. The quantitative estimate of drug-likeness (QED) is 0.398. The Labute approximate surface area is 238 Å². The van der Waals surface area contributed by atoms with Gasteiger partial charge in [-0.1, -0.05) is 24.3 Å². The zero-order valence-corrected chi connectivity index (χ0v) is 24.7. The highest BCUT2D eigenvalue weighted by atomic mass is 32.2. The lowest BCUT2D eigenvalue weighted by Crippen LogP contribution is -2.39. The van der Waals surface area contributed by atoms with Crippen molar-refractivity contribution in [3.63, 3.8) is 0 Å². The molecule has 0 saturated carbocycles. The highest BCUT2D eigenvalue weighted by molar-refractivity contribution is 7.91. The molecule has 1 amide bonds. The average molecular weight is 564 g/mol. The minimum absolute atomic E-state index is 0.0721. The first kappa shape index (κ1) is 28.3. The van der Waals surface area contributed by atoms with Gasteiger partial charge in [-0.15, -0.1) is 0 Å². The van der Waals surface area contributed by atoms with Crippen molar-refractivity contribution in [2.24, 2.45) is 0 Å². The Hall–Kier alpha value is -3.26. The first-order valence-electron chi connectivity index (χ1n) is 14.4. The number of sulfone groups is 1. The lowest BCUT2D eigenvalue weighted by molar-refractivity contribution is -0.121. The number of carbonyl (C=O) groups excluding carboxylic acids is 1. The van der Waals surface area contributed by atoms with E-state index in [1.165, 1.54) is 36.8 Å². The van der Waals surface area contributed by atoms with Gasteiger partial charge in [0.05, 0.1) is 11.7 Å². The van der Waals surface area contributed by atoms with Crippen molar-refractivity contribution in [3.8, 4) is 0 Å². The second-order valence-corrected chi connectivity index (χ2v) is 13.7. The number of aryl methyl sites for hydroxylation is 2. The van der Waals surface area contributed by atoms with Gasteiger partial charge in [0.2, 0.25) is 5.91 Å². The van der Waals surface area contributed by atoms with Crippen LogP contribution in [0.1, 0.15) is 66.4 Å². The van der Waals surface area contributed by atoms with Crippen LogP contribution in [0, 0.1) is 13.8 Å². The van der Waals surface area contributed by atoms with E-state index in [0.29, 0.717) is 25.9 Å². The van der Waals surface area contributed by atoms with Gasteiger partial charge >= 0.3 is 0 Å². The van der Waals surface area contributed by atoms with E-state index < -0.39 is 15.9 Å². The molecule has 1 unspecified atom stereocenters. The van der Waals surface area contributed by atoms with Crippen molar-refractivity contribution in [3.05, 3.63) is 82.8 Å². The molecular formula is C32H41N3O4S. The minimum atomic E-state index is -3.01. The molecule has 2 aliphatic rings. The predicted molar refractivity (Wildman–Crippen MR) is 161 cm³/mol. The monoisotopic (exact) mass is 563 g/mol. The van der Waals surface area contributed by atoms with Crippen molar-refractivity contribution in [2.45, 2.75) is 63.7 Å². The number of nitrogens with zero attached hydrogens (tertiary/aromatic N) is 2. The summed E-state index contributed by atoms with van der Waals surface area (Å²) in [7, 11) is -3.01. The molecule has 2 aromatic carbocycles. The average Bonchev–Trinajstić information content (AvgIpc) is 3.38. The highest BCUT2D eigenvalue weighted by Crippen LogP contribution is 2.34. The summed E-state index contributed by atoms with van der Waals surface area (Å²) in [6.07, 6.45) is 6.43. The number of hydrogen-bond donors (Lipinski definition) is 1. The molecule has 7 nitrogen and oxygen atoms in total. The number of piperidine rings is 2. The van der Waals surface area contributed by atoms with Gasteiger partial charge in [0, 0.05) is 49.4 Å². The fourth-order valence-electron chi connectivity index (χ4n) is 6.02. The molecule has 0 bridgehead atoms. The third kappa shape index (κ3) is 6.72. The van der Waals surface area contributed by atoms with Crippen molar-refractivity contribution in [1.82, 2.24) is 5.32 Å². The van der Waals surface area contributed by atoms with Crippen molar-refractivity contribution in [2.75, 3.05) is 42.2 Å². The summed E-state index contributed by atoms with van der Waals surface area (Å²) in [6, 6.07) is 18.0. The number of anilines is 2. The maximum Gasteiger partial charge on any atom is 0.225 e. The van der Waals surface area contributed by atoms with Gasteiger partial charge in [-0.3, -0.25) is 4.79 Å². The molecule has 0 radical (unpaired) electrons. The molecule has 2 aliphatic heterocycles. The zero-order chi connectivity index (χ0) is 28.3. The van der Waals surface area contributed by atoms with E-state index >= 15 is 0 Å². The normalized spacial score (nSPS) is 17.6. The number of rotatable bonds is 8. The van der Waals surface area contributed by atoms with E-state index in [1.807, 2.05) is 37.3 Å². The van der Waals surface area contributed by atoms with Crippen LogP contribution < -0.4 is 15.1 Å². The van der Waals surface area contributed by atoms with Gasteiger partial charge in [-0.05, 0) is 87.4 Å². The Morgan fingerprint density at radius 1 is 0.950 bits per heavy atom. The van der Waals surface area contributed by atoms with Crippen LogP contribution in [0.2, 0.25) is 0 Å². The molecule has 3 heterocycles. The number of amides is 1. The van der Waals surface area contributed by atoms with Crippen LogP contribution in [-0.2, 0) is 21.1 Å². The lowest BCUT2D eigenvalue weighted by Gasteiger charge is -2.33. The first-order valence-corrected chi connectivity index (χ1v) is 16.4. The Morgan fingerprint density at radius 2 is 1.70 bits per heavy atom. The highest BCUT2D eigenvalue weighted by Gasteiger charge is 2.28. The van der Waals surface area contributed by atoms with Crippen LogP contribution in [0.25, 0.3) is 0 Å². The summed E-state index contributed by atoms with van der Waals surface area (Å²) in [5, 5.41) is 3.02. The molecule has 2 saturated heterocycles. The van der Waals surface area contributed by atoms with Gasteiger partial charge in [0.1, 0.15) is 27.4 Å². The summed E-state index contributed by atoms with van der Waals surface area (Å²) in [5.74, 6) is 1.47. The molecule has 0 spiro atoms. The maximum absolute atomic E-state index is 13.5. The van der Waals surface area contributed by atoms with E-state index in [1.54, 1.807) is 0 Å². The molecule has 0 aliphatic carbocycles. The fourth-order valence-corrected chi connectivity index (χ4v) is 7.09. The topological polar surface area (TPSA) is 82.9 Å². The van der Waals surface area contributed by atoms with Gasteiger partial charge in [-0.25, -0.2) is 8.42 Å². The molecule has 214 valence electrons. The van der Waals surface area contributed by atoms with Gasteiger partial charge in [0.15, 0.2) is 0 Å². The van der Waals surface area contributed by atoms with Crippen LogP contribution in [0.5, 0.6) is 0 Å². The summed E-state index contributed by atoms with van der Waals surface area (Å²) >= 11 is 0. The van der Waals surface area contributed by atoms with E-state index in [-0.39, 0.29) is 17.6 Å². The van der Waals surface area contributed by atoms with Crippen molar-refractivity contribution < 1.29 is 17.6 Å². The molecule has 3 aromatic rings. The van der Waals surface area contributed by atoms with Crippen LogP contribution in [0.3, 0.4) is 0 Å². The molecule has 1 N–H and O–H groups in total. The number of carbonyl (C=O) groups is 1. The molecule has 1 aromatic heterocycles. The summed E-state index contributed by atoms with van der Waals surface area (Å²) in [4.78, 5) is 18.2. The van der Waals surface area contributed by atoms with Crippen LogP contribution in [0.15, 0.2) is 59.0 Å². The van der Waals surface area contributed by atoms with E-state index in [4.69, 9.17) is 4.42 Å². The molecule has 5 rings (SSSR count). The number of furan rings is 1. The summed E-state index contributed by atoms with van der Waals surface area (Å²) in [5.41, 5.74) is 5.37. The molecule has 8 heteroatoms. The summed E-state index contributed by atoms with van der Waals surface area (Å²) in [6.45, 7) is 7.46. The Morgan fingerprint density at radius 3 is 2.38 bits per heavy atom. The second-order valence-electron chi connectivity index (χ2n) is 11.4. The van der Waals surface area contributed by atoms with E-state index in [9.17, 15) is 13.2 Å². The molecule has 40 heavy (non-hydrogen) atoms. The van der Waals surface area contributed by atoms with E-state index in [0.717, 1.165) is 41.4 Å². The number of nitrogens with one attached hydrogen (secondary N) is 1. The second kappa shape index (κ2) is 12.1. The molecule has 2 fully saturated rings. The zero-order valence-electron chi connectivity index (χ0n) is 23.9. The Bertz CT molecular complexity index is 1430. The maximum atomic E-state index is 13.5.